The number of aromatic nitrogens is 1. The standard InChI is InChI=1S/C21H27ClN2O3S/c1-13-10-17(11-14(2)18(13)22)27-12-21(26)6-5-8-24(9-7-21)20(25)19-15(3)23-16(4)28-19/h10-11,26H,5-9,12H2,1-4H3. The highest BCUT2D eigenvalue weighted by Crippen LogP contribution is 2.29. The van der Waals surface area contributed by atoms with Gasteiger partial charge in [-0.25, -0.2) is 4.98 Å². The average Bonchev–Trinajstić information content (AvgIpc) is 2.85. The first kappa shape index (κ1) is 21.1. The van der Waals surface area contributed by atoms with E-state index in [1.807, 2.05) is 44.7 Å². The minimum Gasteiger partial charge on any atom is -0.491 e. The highest BCUT2D eigenvalue weighted by Gasteiger charge is 2.33. The van der Waals surface area contributed by atoms with Crippen molar-refractivity contribution in [1.82, 2.24) is 9.88 Å². The van der Waals surface area contributed by atoms with Crippen molar-refractivity contribution < 1.29 is 14.6 Å². The van der Waals surface area contributed by atoms with E-state index in [0.29, 0.717) is 36.6 Å². The molecule has 7 heteroatoms. The number of hydrogen-bond donors (Lipinski definition) is 1. The third-order valence-electron chi connectivity index (χ3n) is 5.22. The molecule has 0 saturated carbocycles. The number of carbonyl (C=O) groups is 1. The van der Waals surface area contributed by atoms with E-state index < -0.39 is 5.60 Å². The van der Waals surface area contributed by atoms with Gasteiger partial charge in [0.1, 0.15) is 22.8 Å². The van der Waals surface area contributed by atoms with Crippen LogP contribution in [0.1, 0.15) is 50.8 Å². The van der Waals surface area contributed by atoms with Gasteiger partial charge in [0.25, 0.3) is 5.91 Å². The summed E-state index contributed by atoms with van der Waals surface area (Å²) in [5.74, 6) is 0.720. The fourth-order valence-corrected chi connectivity index (χ4v) is 4.60. The van der Waals surface area contributed by atoms with Gasteiger partial charge in [-0.05, 0) is 70.2 Å². The topological polar surface area (TPSA) is 62.7 Å². The highest BCUT2D eigenvalue weighted by molar-refractivity contribution is 7.13. The van der Waals surface area contributed by atoms with E-state index in [9.17, 15) is 9.90 Å². The number of halogens is 1. The Kier molecular flexibility index (Phi) is 6.32. The molecule has 1 aliphatic heterocycles. The Hall–Kier alpha value is -1.63. The summed E-state index contributed by atoms with van der Waals surface area (Å²) in [4.78, 5) is 19.7. The number of aliphatic hydroxyl groups is 1. The Balaban J connectivity index is 1.63. The highest BCUT2D eigenvalue weighted by atomic mass is 35.5. The molecule has 152 valence electrons. The van der Waals surface area contributed by atoms with E-state index in [4.69, 9.17) is 16.3 Å². The van der Waals surface area contributed by atoms with Crippen LogP contribution in [0.3, 0.4) is 0 Å². The molecule has 1 N–H and O–H groups in total. The maximum atomic E-state index is 12.9. The molecule has 28 heavy (non-hydrogen) atoms. The zero-order valence-electron chi connectivity index (χ0n) is 16.8. The lowest BCUT2D eigenvalue weighted by Gasteiger charge is -2.27. The fraction of sp³-hybridized carbons (Fsp3) is 0.524. The predicted molar refractivity (Wildman–Crippen MR) is 113 cm³/mol. The van der Waals surface area contributed by atoms with Crippen molar-refractivity contribution in [1.29, 1.82) is 0 Å². The fourth-order valence-electron chi connectivity index (χ4n) is 3.61. The first-order valence-corrected chi connectivity index (χ1v) is 10.7. The van der Waals surface area contributed by atoms with Gasteiger partial charge in [-0.3, -0.25) is 4.79 Å². The minimum atomic E-state index is -0.949. The molecule has 0 bridgehead atoms. The van der Waals surface area contributed by atoms with Gasteiger partial charge in [-0.15, -0.1) is 11.3 Å². The Labute approximate surface area is 175 Å². The average molecular weight is 423 g/mol. The number of hydrogen-bond acceptors (Lipinski definition) is 5. The van der Waals surface area contributed by atoms with Gasteiger partial charge < -0.3 is 14.7 Å². The Bertz CT molecular complexity index is 860. The lowest BCUT2D eigenvalue weighted by molar-refractivity contribution is -0.0163. The molecule has 0 radical (unpaired) electrons. The second-order valence-electron chi connectivity index (χ2n) is 7.68. The number of thiazole rings is 1. The van der Waals surface area contributed by atoms with E-state index in [0.717, 1.165) is 33.3 Å². The van der Waals surface area contributed by atoms with E-state index in [2.05, 4.69) is 4.98 Å². The lowest BCUT2D eigenvalue weighted by Crippen LogP contribution is -2.38. The summed E-state index contributed by atoms with van der Waals surface area (Å²) >= 11 is 7.64. The summed E-state index contributed by atoms with van der Waals surface area (Å²) < 4.78 is 5.90. The molecule has 0 spiro atoms. The minimum absolute atomic E-state index is 0.0113. The first-order chi connectivity index (χ1) is 13.2. The van der Waals surface area contributed by atoms with Crippen LogP contribution >= 0.6 is 22.9 Å². The zero-order valence-corrected chi connectivity index (χ0v) is 18.4. The largest absolute Gasteiger partial charge is 0.491 e. The van der Waals surface area contributed by atoms with Crippen LogP contribution in [0, 0.1) is 27.7 Å². The van der Waals surface area contributed by atoms with Crippen LogP contribution in [0.25, 0.3) is 0 Å². The molecule has 1 atom stereocenters. The summed E-state index contributed by atoms with van der Waals surface area (Å²) in [7, 11) is 0. The summed E-state index contributed by atoms with van der Waals surface area (Å²) in [5, 5.41) is 12.7. The predicted octanol–water partition coefficient (Wildman–Crippen LogP) is 4.47. The van der Waals surface area contributed by atoms with E-state index in [-0.39, 0.29) is 12.5 Å². The summed E-state index contributed by atoms with van der Waals surface area (Å²) in [6.45, 7) is 9.00. The molecule has 5 nitrogen and oxygen atoms in total. The third kappa shape index (κ3) is 4.67. The molecule has 2 heterocycles. The summed E-state index contributed by atoms with van der Waals surface area (Å²) in [6, 6.07) is 3.78. The molecular formula is C21H27ClN2O3S. The van der Waals surface area contributed by atoms with Gasteiger partial charge in [0.05, 0.1) is 10.7 Å². The molecule has 2 aromatic rings. The molecular weight excluding hydrogens is 396 g/mol. The van der Waals surface area contributed by atoms with Crippen LogP contribution in [-0.2, 0) is 0 Å². The van der Waals surface area contributed by atoms with Crippen LogP contribution in [0.2, 0.25) is 5.02 Å². The second-order valence-corrected chi connectivity index (χ2v) is 9.26. The number of nitrogens with zero attached hydrogens (tertiary/aromatic N) is 2. The molecule has 1 aromatic carbocycles. The van der Waals surface area contributed by atoms with Crippen molar-refractivity contribution in [2.45, 2.75) is 52.6 Å². The van der Waals surface area contributed by atoms with Crippen LogP contribution in [0.4, 0.5) is 0 Å². The molecule has 1 amide bonds. The number of benzene rings is 1. The third-order valence-corrected chi connectivity index (χ3v) is 6.88. The molecule has 1 fully saturated rings. The normalized spacial score (nSPS) is 20.1. The lowest BCUT2D eigenvalue weighted by atomic mass is 9.96. The molecule has 0 aliphatic carbocycles. The van der Waals surface area contributed by atoms with Crippen molar-refractivity contribution in [3.63, 3.8) is 0 Å². The molecule has 1 aromatic heterocycles. The van der Waals surface area contributed by atoms with E-state index in [1.165, 1.54) is 11.3 Å². The smallest absolute Gasteiger partial charge is 0.265 e. The number of aryl methyl sites for hydroxylation is 4. The van der Waals surface area contributed by atoms with Gasteiger partial charge >= 0.3 is 0 Å². The van der Waals surface area contributed by atoms with Gasteiger partial charge in [0.2, 0.25) is 0 Å². The summed E-state index contributed by atoms with van der Waals surface area (Å²) in [6.07, 6.45) is 1.82. The van der Waals surface area contributed by atoms with Crippen LogP contribution in [0.15, 0.2) is 12.1 Å². The van der Waals surface area contributed by atoms with Crippen molar-refractivity contribution in [2.24, 2.45) is 0 Å². The number of likely N-dealkylation sites (tertiary alicyclic amines) is 1. The Morgan fingerprint density at radius 2 is 1.93 bits per heavy atom. The van der Waals surface area contributed by atoms with Crippen molar-refractivity contribution in [2.75, 3.05) is 19.7 Å². The molecule has 1 saturated heterocycles. The number of ether oxygens (including phenoxy) is 1. The molecule has 1 aliphatic rings. The second kappa shape index (κ2) is 8.39. The van der Waals surface area contributed by atoms with Crippen LogP contribution in [0.5, 0.6) is 5.75 Å². The van der Waals surface area contributed by atoms with Crippen LogP contribution in [-0.4, -0.2) is 46.2 Å². The van der Waals surface area contributed by atoms with Crippen LogP contribution < -0.4 is 4.74 Å². The molecule has 3 rings (SSSR count). The van der Waals surface area contributed by atoms with E-state index in [1.54, 1.807) is 0 Å². The van der Waals surface area contributed by atoms with Crippen molar-refractivity contribution in [3.05, 3.63) is 43.9 Å². The Morgan fingerprint density at radius 1 is 1.25 bits per heavy atom. The SMILES string of the molecule is Cc1nc(C)c(C(=O)N2CCCC(O)(COc3cc(C)c(Cl)c(C)c3)CC2)s1. The molecule has 1 unspecified atom stereocenters. The monoisotopic (exact) mass is 422 g/mol. The zero-order chi connectivity index (χ0) is 20.5. The Morgan fingerprint density at radius 3 is 2.54 bits per heavy atom. The maximum Gasteiger partial charge on any atom is 0.265 e. The number of rotatable bonds is 4. The quantitative estimate of drug-likeness (QED) is 0.789. The first-order valence-electron chi connectivity index (χ1n) is 9.54. The summed E-state index contributed by atoms with van der Waals surface area (Å²) in [5.41, 5.74) is 1.74. The van der Waals surface area contributed by atoms with E-state index >= 15 is 0 Å². The van der Waals surface area contributed by atoms with Gasteiger partial charge in [-0.2, -0.15) is 0 Å². The van der Waals surface area contributed by atoms with Gasteiger partial charge in [0.15, 0.2) is 0 Å². The number of carbonyl (C=O) groups excluding carboxylic acids is 1. The van der Waals surface area contributed by atoms with Crippen molar-refractivity contribution >= 4 is 28.8 Å². The van der Waals surface area contributed by atoms with Gasteiger partial charge in [0, 0.05) is 18.1 Å². The maximum absolute atomic E-state index is 12.9. The number of amides is 1. The van der Waals surface area contributed by atoms with Crippen molar-refractivity contribution in [3.8, 4) is 5.75 Å². The van der Waals surface area contributed by atoms with Gasteiger partial charge in [-0.1, -0.05) is 11.6 Å².